The topological polar surface area (TPSA) is 75.3 Å². The number of ether oxygens (including phenoxy) is 1. The highest BCUT2D eigenvalue weighted by Crippen LogP contribution is 2.16. The van der Waals surface area contributed by atoms with Crippen molar-refractivity contribution in [3.8, 4) is 0 Å². The van der Waals surface area contributed by atoms with E-state index in [1.807, 2.05) is 13.8 Å². The van der Waals surface area contributed by atoms with Gasteiger partial charge in [-0.2, -0.15) is 0 Å². The summed E-state index contributed by atoms with van der Waals surface area (Å²) >= 11 is 0. The molecule has 1 aromatic heterocycles. The molecule has 1 saturated heterocycles. The second-order valence-electron chi connectivity index (χ2n) is 7.23. The first-order chi connectivity index (χ1) is 11.4. The van der Waals surface area contributed by atoms with Crippen LogP contribution in [0.1, 0.15) is 69.1 Å². The monoisotopic (exact) mass is 335 g/mol. The van der Waals surface area contributed by atoms with E-state index in [2.05, 4.69) is 23.8 Å². The maximum Gasteiger partial charge on any atom is 0.263 e. The number of aromatic nitrogens is 2. The highest BCUT2D eigenvalue weighted by Gasteiger charge is 2.26. The van der Waals surface area contributed by atoms with Crippen molar-refractivity contribution >= 4 is 5.91 Å². The summed E-state index contributed by atoms with van der Waals surface area (Å²) < 4.78 is 5.76. The quantitative estimate of drug-likeness (QED) is 0.867. The second-order valence-corrected chi connectivity index (χ2v) is 7.23. The first-order valence-electron chi connectivity index (χ1n) is 8.88. The summed E-state index contributed by atoms with van der Waals surface area (Å²) in [7, 11) is 0. The molecule has 2 heterocycles. The largest absolute Gasteiger partial charge is 0.375 e. The van der Waals surface area contributed by atoms with Gasteiger partial charge in [0, 0.05) is 25.2 Å². The van der Waals surface area contributed by atoms with Crippen LogP contribution in [-0.4, -0.2) is 46.6 Å². The molecule has 0 bridgehead atoms. The molecule has 0 saturated carbocycles. The van der Waals surface area contributed by atoms with Gasteiger partial charge in [0.1, 0.15) is 11.4 Å². The Morgan fingerprint density at radius 3 is 2.79 bits per heavy atom. The van der Waals surface area contributed by atoms with Gasteiger partial charge in [-0.3, -0.25) is 9.59 Å². The Kier molecular flexibility index (Phi) is 6.54. The van der Waals surface area contributed by atoms with Crippen LogP contribution in [0.25, 0.3) is 0 Å². The van der Waals surface area contributed by atoms with Crippen molar-refractivity contribution in [3.05, 3.63) is 27.9 Å². The van der Waals surface area contributed by atoms with Gasteiger partial charge in [-0.15, -0.1) is 0 Å². The van der Waals surface area contributed by atoms with Gasteiger partial charge >= 0.3 is 0 Å². The minimum absolute atomic E-state index is 0.0587. The molecule has 1 atom stereocenters. The van der Waals surface area contributed by atoms with Gasteiger partial charge in [0.05, 0.1) is 12.7 Å². The van der Waals surface area contributed by atoms with Gasteiger partial charge in [0.25, 0.3) is 11.5 Å². The fourth-order valence-electron chi connectivity index (χ4n) is 2.86. The molecule has 0 radical (unpaired) electrons. The lowest BCUT2D eigenvalue weighted by molar-refractivity contribution is -0.0260. The molecule has 0 spiro atoms. The maximum atomic E-state index is 12.6. The third-order valence-electron chi connectivity index (χ3n) is 4.33. The molecule has 1 fully saturated rings. The summed E-state index contributed by atoms with van der Waals surface area (Å²) in [6.07, 6.45) is 4.66. The first kappa shape index (κ1) is 18.6. The summed E-state index contributed by atoms with van der Waals surface area (Å²) in [6.45, 7) is 9.89. The highest BCUT2D eigenvalue weighted by molar-refractivity contribution is 5.93. The van der Waals surface area contributed by atoms with Crippen molar-refractivity contribution in [2.24, 2.45) is 5.92 Å². The van der Waals surface area contributed by atoms with E-state index in [1.165, 1.54) is 6.20 Å². The first-order valence-corrected chi connectivity index (χ1v) is 8.88. The Balaban J connectivity index is 2.00. The van der Waals surface area contributed by atoms with Crippen LogP contribution in [0.5, 0.6) is 0 Å². The van der Waals surface area contributed by atoms with Crippen molar-refractivity contribution in [2.75, 3.05) is 19.7 Å². The molecule has 1 aromatic rings. The smallest absolute Gasteiger partial charge is 0.263 e. The number of nitrogens with zero attached hydrogens (tertiary/aromatic N) is 2. The molecule has 6 heteroatoms. The molecule has 6 nitrogen and oxygen atoms in total. The van der Waals surface area contributed by atoms with Gasteiger partial charge in [-0.05, 0) is 12.3 Å². The summed E-state index contributed by atoms with van der Waals surface area (Å²) in [4.78, 5) is 33.5. The lowest BCUT2D eigenvalue weighted by Crippen LogP contribution is -2.47. The molecule has 0 unspecified atom stereocenters. The predicted octanol–water partition coefficient (Wildman–Crippen LogP) is 2.56. The zero-order valence-electron chi connectivity index (χ0n) is 15.2. The molecule has 1 aliphatic rings. The lowest BCUT2D eigenvalue weighted by Gasteiger charge is -2.33. The van der Waals surface area contributed by atoms with E-state index in [4.69, 9.17) is 4.74 Å². The molecule has 2 rings (SSSR count). The van der Waals surface area contributed by atoms with E-state index < -0.39 is 0 Å². The van der Waals surface area contributed by atoms with Crippen molar-refractivity contribution in [2.45, 2.75) is 59.0 Å². The molecular weight excluding hydrogens is 306 g/mol. The van der Waals surface area contributed by atoms with Gasteiger partial charge in [0.15, 0.2) is 0 Å². The van der Waals surface area contributed by atoms with Crippen LogP contribution in [0.2, 0.25) is 0 Å². The number of amides is 1. The SMILES string of the molecule is CC(C)CCC[C@@H]1CN(C(=O)c2cnc(C(C)C)[nH]c2=O)CCO1. The molecule has 1 aliphatic heterocycles. The predicted molar refractivity (Wildman–Crippen MR) is 93.3 cm³/mol. The summed E-state index contributed by atoms with van der Waals surface area (Å²) in [5, 5.41) is 0. The number of hydrogen-bond acceptors (Lipinski definition) is 4. The van der Waals surface area contributed by atoms with Crippen LogP contribution >= 0.6 is 0 Å². The van der Waals surface area contributed by atoms with Gasteiger partial charge in [0.2, 0.25) is 0 Å². The molecular formula is C18H29N3O3. The van der Waals surface area contributed by atoms with Crippen LogP contribution in [0.3, 0.4) is 0 Å². The number of H-pyrrole nitrogens is 1. The van der Waals surface area contributed by atoms with E-state index in [9.17, 15) is 9.59 Å². The zero-order chi connectivity index (χ0) is 17.7. The van der Waals surface area contributed by atoms with Crippen molar-refractivity contribution < 1.29 is 9.53 Å². The third-order valence-corrected chi connectivity index (χ3v) is 4.33. The van der Waals surface area contributed by atoms with Gasteiger partial charge < -0.3 is 14.6 Å². The van der Waals surface area contributed by atoms with Crippen LogP contribution in [0.4, 0.5) is 0 Å². The van der Waals surface area contributed by atoms with E-state index in [0.717, 1.165) is 19.3 Å². The Bertz CT molecular complexity index is 610. The summed E-state index contributed by atoms with van der Waals surface area (Å²) in [5.74, 6) is 1.15. The molecule has 1 N–H and O–H groups in total. The Hall–Kier alpha value is -1.69. The Morgan fingerprint density at radius 2 is 2.17 bits per heavy atom. The number of carbonyl (C=O) groups is 1. The third kappa shape index (κ3) is 4.90. The van der Waals surface area contributed by atoms with Crippen LogP contribution < -0.4 is 5.56 Å². The average Bonchev–Trinajstić information content (AvgIpc) is 2.54. The van der Waals surface area contributed by atoms with E-state index >= 15 is 0 Å². The van der Waals surface area contributed by atoms with Gasteiger partial charge in [-0.25, -0.2) is 4.98 Å². The molecule has 1 amide bonds. The second kappa shape index (κ2) is 8.42. The lowest BCUT2D eigenvalue weighted by atomic mass is 10.0. The van der Waals surface area contributed by atoms with Crippen LogP contribution in [0, 0.1) is 5.92 Å². The fraction of sp³-hybridized carbons (Fsp3) is 0.722. The summed E-state index contributed by atoms with van der Waals surface area (Å²) in [5.41, 5.74) is -0.246. The van der Waals surface area contributed by atoms with E-state index in [1.54, 1.807) is 4.90 Å². The van der Waals surface area contributed by atoms with Gasteiger partial charge in [-0.1, -0.05) is 40.5 Å². The summed E-state index contributed by atoms with van der Waals surface area (Å²) in [6, 6.07) is 0. The van der Waals surface area contributed by atoms with E-state index in [-0.39, 0.29) is 29.1 Å². The van der Waals surface area contributed by atoms with Crippen LogP contribution in [0.15, 0.2) is 11.0 Å². The average molecular weight is 335 g/mol. The number of nitrogens with one attached hydrogen (secondary N) is 1. The molecule has 0 aromatic carbocycles. The normalized spacial score (nSPS) is 18.4. The highest BCUT2D eigenvalue weighted by atomic mass is 16.5. The number of carbonyl (C=O) groups excluding carboxylic acids is 1. The van der Waals surface area contributed by atoms with Crippen molar-refractivity contribution in [3.63, 3.8) is 0 Å². The molecule has 134 valence electrons. The number of rotatable bonds is 6. The minimum atomic E-state index is -0.360. The van der Waals surface area contributed by atoms with E-state index in [0.29, 0.717) is 31.4 Å². The number of hydrogen-bond donors (Lipinski definition) is 1. The van der Waals surface area contributed by atoms with Crippen LogP contribution in [-0.2, 0) is 4.74 Å². The zero-order valence-corrected chi connectivity index (χ0v) is 15.2. The maximum absolute atomic E-state index is 12.6. The Labute approximate surface area is 143 Å². The van der Waals surface area contributed by atoms with Crippen molar-refractivity contribution in [1.29, 1.82) is 0 Å². The Morgan fingerprint density at radius 1 is 1.42 bits per heavy atom. The van der Waals surface area contributed by atoms with Crippen molar-refractivity contribution in [1.82, 2.24) is 14.9 Å². The molecule has 0 aliphatic carbocycles. The number of aromatic amines is 1. The standard InChI is InChI=1S/C18H29N3O3/c1-12(2)6-5-7-14-11-21(8-9-24-14)18(23)15-10-19-16(13(3)4)20-17(15)22/h10,12-14H,5-9,11H2,1-4H3,(H,19,20,22)/t14-/m1/s1. The number of morpholine rings is 1. The minimum Gasteiger partial charge on any atom is -0.375 e. The molecule has 24 heavy (non-hydrogen) atoms. The fourth-order valence-corrected chi connectivity index (χ4v) is 2.86.